The van der Waals surface area contributed by atoms with E-state index >= 15 is 0 Å². The van der Waals surface area contributed by atoms with Crippen LogP contribution in [-0.2, 0) is 0 Å². The van der Waals surface area contributed by atoms with Gasteiger partial charge in [-0.2, -0.15) is 0 Å². The molecule has 0 saturated heterocycles. The van der Waals surface area contributed by atoms with Gasteiger partial charge >= 0.3 is 0 Å². The van der Waals surface area contributed by atoms with Gasteiger partial charge in [0.25, 0.3) is 0 Å². The Morgan fingerprint density at radius 1 is 0.765 bits per heavy atom. The van der Waals surface area contributed by atoms with E-state index in [1.807, 2.05) is 24.3 Å². The normalized spacial score (nSPS) is 11.0. The summed E-state index contributed by atoms with van der Waals surface area (Å²) >= 11 is 17.5. The van der Waals surface area contributed by atoms with E-state index < -0.39 is 0 Å². The summed E-state index contributed by atoms with van der Waals surface area (Å²) in [5.41, 5.74) is 1.68. The number of benzene rings is 2. The summed E-state index contributed by atoms with van der Waals surface area (Å²) in [6.45, 7) is 0. The Bertz CT molecular complexity index is 527. The molecule has 0 spiro atoms. The van der Waals surface area contributed by atoms with Gasteiger partial charge in [0.1, 0.15) is 0 Å². The van der Waals surface area contributed by atoms with E-state index in [4.69, 9.17) is 34.8 Å². The van der Waals surface area contributed by atoms with E-state index in [0.717, 1.165) is 11.3 Å². The van der Waals surface area contributed by atoms with Gasteiger partial charge < -0.3 is 0 Å². The molecular weight excluding hydrogens is 277 g/mol. The number of rotatable bonds is 2. The summed E-state index contributed by atoms with van der Waals surface area (Å²) in [6.07, 6.45) is 1.73. The smallest absolute Gasteiger partial charge is 0.0659 e. The van der Waals surface area contributed by atoms with Gasteiger partial charge in [-0.05, 0) is 35.9 Å². The fourth-order valence-electron chi connectivity index (χ4n) is 1.31. The Morgan fingerprint density at radius 2 is 1.35 bits per heavy atom. The molecule has 0 bridgehead atoms. The van der Waals surface area contributed by atoms with Crippen LogP contribution in [0.2, 0.25) is 15.1 Å². The van der Waals surface area contributed by atoms with E-state index in [2.05, 4.69) is 4.99 Å². The molecule has 0 aliphatic rings. The molecule has 0 heterocycles. The standard InChI is InChI=1S/C13H8Cl3N/c14-10-3-1-9(2-4-10)8-17-13-6-11(15)5-12(16)7-13/h1-8H/b17-8+. The molecule has 2 rings (SSSR count). The Balaban J connectivity index is 2.22. The average Bonchev–Trinajstić information content (AvgIpc) is 2.27. The lowest BCUT2D eigenvalue weighted by Crippen LogP contribution is -1.79. The molecule has 0 aliphatic carbocycles. The zero-order chi connectivity index (χ0) is 12.3. The number of hydrogen-bond acceptors (Lipinski definition) is 1. The van der Waals surface area contributed by atoms with Crippen molar-refractivity contribution in [3.8, 4) is 0 Å². The maximum atomic E-state index is 5.88. The van der Waals surface area contributed by atoms with Gasteiger partial charge in [-0.3, -0.25) is 4.99 Å². The third kappa shape index (κ3) is 3.74. The minimum absolute atomic E-state index is 0.570. The zero-order valence-electron chi connectivity index (χ0n) is 8.70. The van der Waals surface area contributed by atoms with Crippen LogP contribution in [0, 0.1) is 0 Å². The minimum atomic E-state index is 0.570. The zero-order valence-corrected chi connectivity index (χ0v) is 11.0. The first kappa shape index (κ1) is 12.4. The first-order valence-electron chi connectivity index (χ1n) is 4.89. The molecule has 0 aromatic heterocycles. The molecule has 2 aromatic carbocycles. The lowest BCUT2D eigenvalue weighted by molar-refractivity contribution is 1.52. The van der Waals surface area contributed by atoms with Crippen molar-refractivity contribution in [1.82, 2.24) is 0 Å². The first-order valence-corrected chi connectivity index (χ1v) is 6.02. The van der Waals surface area contributed by atoms with Crippen molar-refractivity contribution in [2.75, 3.05) is 0 Å². The molecule has 2 aromatic rings. The third-order valence-corrected chi connectivity index (χ3v) is 2.77. The summed E-state index contributed by atoms with van der Waals surface area (Å²) < 4.78 is 0. The van der Waals surface area contributed by atoms with E-state index in [1.165, 1.54) is 0 Å². The SMILES string of the molecule is Clc1ccc(/C=N/c2cc(Cl)cc(Cl)c2)cc1. The molecule has 17 heavy (non-hydrogen) atoms. The van der Waals surface area contributed by atoms with Crippen LogP contribution in [0.25, 0.3) is 0 Å². The first-order chi connectivity index (χ1) is 8.13. The van der Waals surface area contributed by atoms with E-state index in [9.17, 15) is 0 Å². The predicted octanol–water partition coefficient (Wildman–Crippen LogP) is 5.40. The molecule has 0 N–H and O–H groups in total. The monoisotopic (exact) mass is 283 g/mol. The highest BCUT2D eigenvalue weighted by molar-refractivity contribution is 6.35. The predicted molar refractivity (Wildman–Crippen MR) is 75.2 cm³/mol. The van der Waals surface area contributed by atoms with Crippen molar-refractivity contribution >= 4 is 46.7 Å². The fourth-order valence-corrected chi connectivity index (χ4v) is 1.95. The van der Waals surface area contributed by atoms with Crippen molar-refractivity contribution in [3.63, 3.8) is 0 Å². The Kier molecular flexibility index (Phi) is 4.06. The second-order valence-electron chi connectivity index (χ2n) is 3.44. The van der Waals surface area contributed by atoms with E-state index in [-0.39, 0.29) is 0 Å². The van der Waals surface area contributed by atoms with Gasteiger partial charge in [0.15, 0.2) is 0 Å². The second kappa shape index (κ2) is 5.54. The highest BCUT2D eigenvalue weighted by Gasteiger charge is 1.96. The van der Waals surface area contributed by atoms with Crippen molar-refractivity contribution < 1.29 is 0 Å². The summed E-state index contributed by atoms with van der Waals surface area (Å²) in [4.78, 5) is 4.29. The summed E-state index contributed by atoms with van der Waals surface area (Å²) in [6, 6.07) is 12.6. The average molecular weight is 285 g/mol. The van der Waals surface area contributed by atoms with Gasteiger partial charge in [0, 0.05) is 21.3 Å². The molecule has 0 atom stereocenters. The molecule has 0 unspecified atom stereocenters. The summed E-state index contributed by atoms with van der Waals surface area (Å²) in [5, 5.41) is 1.84. The van der Waals surface area contributed by atoms with Crippen LogP contribution in [0.4, 0.5) is 5.69 Å². The number of aliphatic imine (C=N–C) groups is 1. The fraction of sp³-hybridized carbons (Fsp3) is 0. The lowest BCUT2D eigenvalue weighted by atomic mass is 10.2. The van der Waals surface area contributed by atoms with Crippen LogP contribution < -0.4 is 0 Å². The second-order valence-corrected chi connectivity index (χ2v) is 4.75. The molecule has 0 aliphatic heterocycles. The molecule has 1 nitrogen and oxygen atoms in total. The number of halogens is 3. The quantitative estimate of drug-likeness (QED) is 0.655. The minimum Gasteiger partial charge on any atom is -0.256 e. The molecule has 86 valence electrons. The topological polar surface area (TPSA) is 12.4 Å². The largest absolute Gasteiger partial charge is 0.256 e. The van der Waals surface area contributed by atoms with Gasteiger partial charge in [-0.1, -0.05) is 46.9 Å². The molecule has 0 fully saturated rings. The maximum absolute atomic E-state index is 5.88. The highest BCUT2D eigenvalue weighted by Crippen LogP contribution is 2.24. The van der Waals surface area contributed by atoms with Crippen LogP contribution in [0.3, 0.4) is 0 Å². The van der Waals surface area contributed by atoms with Gasteiger partial charge in [0.2, 0.25) is 0 Å². The van der Waals surface area contributed by atoms with Gasteiger partial charge in [-0.25, -0.2) is 0 Å². The van der Waals surface area contributed by atoms with Gasteiger partial charge in [0.05, 0.1) is 5.69 Å². The Labute approximate surface area is 115 Å². The van der Waals surface area contributed by atoms with Crippen LogP contribution in [0.5, 0.6) is 0 Å². The third-order valence-electron chi connectivity index (χ3n) is 2.08. The van der Waals surface area contributed by atoms with Gasteiger partial charge in [-0.15, -0.1) is 0 Å². The van der Waals surface area contributed by atoms with Crippen molar-refractivity contribution in [3.05, 3.63) is 63.1 Å². The molecular formula is C13H8Cl3N. The summed E-state index contributed by atoms with van der Waals surface area (Å²) in [5.74, 6) is 0. The van der Waals surface area contributed by atoms with Crippen molar-refractivity contribution in [2.45, 2.75) is 0 Å². The Hall–Kier alpha value is -1.02. The highest BCUT2D eigenvalue weighted by atomic mass is 35.5. The lowest BCUT2D eigenvalue weighted by Gasteiger charge is -1.97. The van der Waals surface area contributed by atoms with Crippen LogP contribution >= 0.6 is 34.8 Å². The van der Waals surface area contributed by atoms with Crippen molar-refractivity contribution in [2.24, 2.45) is 4.99 Å². The molecule has 0 saturated carbocycles. The van der Waals surface area contributed by atoms with Crippen LogP contribution in [0.1, 0.15) is 5.56 Å². The van der Waals surface area contributed by atoms with Crippen LogP contribution in [0.15, 0.2) is 47.5 Å². The van der Waals surface area contributed by atoms with E-state index in [0.29, 0.717) is 15.1 Å². The Morgan fingerprint density at radius 3 is 1.94 bits per heavy atom. The molecule has 0 amide bonds. The van der Waals surface area contributed by atoms with Crippen LogP contribution in [-0.4, -0.2) is 6.21 Å². The maximum Gasteiger partial charge on any atom is 0.0659 e. The summed E-state index contributed by atoms with van der Waals surface area (Å²) in [7, 11) is 0. The number of nitrogens with zero attached hydrogens (tertiary/aromatic N) is 1. The molecule has 0 radical (unpaired) electrons. The van der Waals surface area contributed by atoms with E-state index in [1.54, 1.807) is 24.4 Å². The van der Waals surface area contributed by atoms with Crippen molar-refractivity contribution in [1.29, 1.82) is 0 Å². The molecule has 4 heteroatoms. The number of hydrogen-bond donors (Lipinski definition) is 0.